The van der Waals surface area contributed by atoms with Gasteiger partial charge in [0.05, 0.1) is 24.8 Å². The van der Waals surface area contributed by atoms with Crippen molar-refractivity contribution < 1.29 is 19.7 Å². The van der Waals surface area contributed by atoms with Gasteiger partial charge in [0.25, 0.3) is 0 Å². The van der Waals surface area contributed by atoms with E-state index in [2.05, 4.69) is 0 Å². The molecule has 0 fully saturated rings. The molecule has 2 rings (SSSR count). The van der Waals surface area contributed by atoms with Crippen molar-refractivity contribution in [2.45, 2.75) is 44.9 Å². The van der Waals surface area contributed by atoms with Gasteiger partial charge in [-0.2, -0.15) is 0 Å². The second-order valence-electron chi connectivity index (χ2n) is 6.32. The van der Waals surface area contributed by atoms with Crippen molar-refractivity contribution >= 4 is 0 Å². The number of aliphatic hydroxyl groups is 2. The summed E-state index contributed by atoms with van der Waals surface area (Å²) in [5.41, 5.74) is 0.129. The minimum atomic E-state index is -0.733. The lowest BCUT2D eigenvalue weighted by molar-refractivity contribution is -0.0782. The van der Waals surface area contributed by atoms with Crippen molar-refractivity contribution in [2.24, 2.45) is 0 Å². The van der Waals surface area contributed by atoms with Gasteiger partial charge in [-0.1, -0.05) is 13.0 Å². The Morgan fingerprint density at radius 3 is 2.73 bits per heavy atom. The second kappa shape index (κ2) is 6.86. The van der Waals surface area contributed by atoms with Crippen LogP contribution in [0.2, 0.25) is 0 Å². The first-order valence-electron chi connectivity index (χ1n) is 7.86. The summed E-state index contributed by atoms with van der Waals surface area (Å²) in [5, 5.41) is 20.2. The van der Waals surface area contributed by atoms with E-state index in [0.29, 0.717) is 30.2 Å². The highest BCUT2D eigenvalue weighted by molar-refractivity contribution is 5.49. The van der Waals surface area contributed by atoms with Crippen LogP contribution >= 0.6 is 0 Å². The average Bonchev–Trinajstić information content (AvgIpc) is 2.43. The molecule has 1 heterocycles. The molecule has 0 bridgehead atoms. The molecule has 5 nitrogen and oxygen atoms in total. The molecule has 0 aliphatic carbocycles. The third kappa shape index (κ3) is 3.21. The zero-order valence-electron chi connectivity index (χ0n) is 13.9. The lowest BCUT2D eigenvalue weighted by atomic mass is 9.84. The Labute approximate surface area is 132 Å². The molecule has 0 saturated heterocycles. The minimum absolute atomic E-state index is 0.0383. The summed E-state index contributed by atoms with van der Waals surface area (Å²) in [7, 11) is 1.88. The van der Waals surface area contributed by atoms with Gasteiger partial charge in [0.15, 0.2) is 0 Å². The van der Waals surface area contributed by atoms with E-state index in [1.54, 1.807) is 0 Å². The number of nitrogens with zero attached hydrogens (tertiary/aromatic N) is 1. The van der Waals surface area contributed by atoms with Gasteiger partial charge in [-0.05, 0) is 39.4 Å². The van der Waals surface area contributed by atoms with Crippen molar-refractivity contribution in [1.82, 2.24) is 4.90 Å². The zero-order chi connectivity index (χ0) is 16.3. The molecular formula is C17H27NO4. The number of hydrogen-bond donors (Lipinski definition) is 2. The van der Waals surface area contributed by atoms with Crippen LogP contribution in [0.5, 0.6) is 11.5 Å². The van der Waals surface area contributed by atoms with Crippen LogP contribution in [0, 0.1) is 0 Å². The summed E-state index contributed by atoms with van der Waals surface area (Å²) in [5.74, 6) is 1.34. The van der Waals surface area contributed by atoms with Crippen molar-refractivity contribution in [3.05, 3.63) is 23.8 Å². The van der Waals surface area contributed by atoms with Crippen LogP contribution < -0.4 is 9.47 Å². The van der Waals surface area contributed by atoms with E-state index in [4.69, 9.17) is 9.47 Å². The van der Waals surface area contributed by atoms with E-state index in [1.165, 1.54) is 0 Å². The Morgan fingerprint density at radius 1 is 1.36 bits per heavy atom. The molecule has 1 aliphatic heterocycles. The number of rotatable bonds is 6. The molecule has 0 amide bonds. The summed E-state index contributed by atoms with van der Waals surface area (Å²) in [4.78, 5) is 1.93. The first-order valence-corrected chi connectivity index (χ1v) is 7.86. The smallest absolute Gasteiger partial charge is 0.129 e. The summed E-state index contributed by atoms with van der Waals surface area (Å²) in [6.07, 6.45) is 0.170. The van der Waals surface area contributed by atoms with Crippen LogP contribution in [0.15, 0.2) is 18.2 Å². The second-order valence-corrected chi connectivity index (χ2v) is 6.32. The quantitative estimate of drug-likeness (QED) is 0.841. The zero-order valence-corrected chi connectivity index (χ0v) is 13.9. The number of benzene rings is 1. The van der Waals surface area contributed by atoms with Crippen LogP contribution in [0.3, 0.4) is 0 Å². The Morgan fingerprint density at radius 2 is 2.09 bits per heavy atom. The van der Waals surface area contributed by atoms with Gasteiger partial charge >= 0.3 is 0 Å². The maximum absolute atomic E-state index is 11.0. The topological polar surface area (TPSA) is 62.2 Å². The SMILES string of the molecule is CCCOc1cccc2c1C(O)C(N(C)CCO)C(C)(C)O2. The van der Waals surface area contributed by atoms with Gasteiger partial charge in [-0.3, -0.25) is 4.90 Å². The lowest BCUT2D eigenvalue weighted by Crippen LogP contribution is -2.57. The summed E-state index contributed by atoms with van der Waals surface area (Å²) < 4.78 is 11.9. The number of fused-ring (bicyclic) bond motifs is 1. The molecule has 2 unspecified atom stereocenters. The molecule has 0 spiro atoms. The first-order chi connectivity index (χ1) is 10.4. The highest BCUT2D eigenvalue weighted by Crippen LogP contribution is 2.45. The van der Waals surface area contributed by atoms with Gasteiger partial charge in [-0.15, -0.1) is 0 Å². The van der Waals surface area contributed by atoms with Gasteiger partial charge in [0.1, 0.15) is 23.2 Å². The molecule has 22 heavy (non-hydrogen) atoms. The first kappa shape index (κ1) is 17.1. The summed E-state index contributed by atoms with van der Waals surface area (Å²) in [6.45, 7) is 7.07. The maximum atomic E-state index is 11.0. The third-order valence-corrected chi connectivity index (χ3v) is 4.10. The van der Waals surface area contributed by atoms with E-state index in [9.17, 15) is 10.2 Å². The van der Waals surface area contributed by atoms with Crippen LogP contribution in [0.1, 0.15) is 38.9 Å². The van der Waals surface area contributed by atoms with E-state index in [-0.39, 0.29) is 12.6 Å². The fourth-order valence-electron chi connectivity index (χ4n) is 3.19. The van der Waals surface area contributed by atoms with Gasteiger partial charge in [-0.25, -0.2) is 0 Å². The molecule has 1 aliphatic rings. The van der Waals surface area contributed by atoms with Crippen LogP contribution in [-0.4, -0.2) is 53.6 Å². The normalized spacial score (nSPS) is 23.0. The molecule has 124 valence electrons. The number of aliphatic hydroxyl groups excluding tert-OH is 2. The molecule has 0 saturated carbocycles. The molecule has 1 aromatic carbocycles. The Bertz CT molecular complexity index is 503. The number of ether oxygens (including phenoxy) is 2. The predicted molar refractivity (Wildman–Crippen MR) is 85.4 cm³/mol. The fraction of sp³-hybridized carbons (Fsp3) is 0.647. The Hall–Kier alpha value is -1.30. The maximum Gasteiger partial charge on any atom is 0.129 e. The molecule has 1 aromatic rings. The van der Waals surface area contributed by atoms with Crippen molar-refractivity contribution in [1.29, 1.82) is 0 Å². The minimum Gasteiger partial charge on any atom is -0.493 e. The average molecular weight is 309 g/mol. The Kier molecular flexibility index (Phi) is 5.32. The van der Waals surface area contributed by atoms with Gasteiger partial charge < -0.3 is 19.7 Å². The van der Waals surface area contributed by atoms with Gasteiger partial charge in [0, 0.05) is 6.54 Å². The molecule has 0 radical (unpaired) electrons. The molecule has 0 aromatic heterocycles. The van der Waals surface area contributed by atoms with Crippen LogP contribution in [-0.2, 0) is 0 Å². The monoisotopic (exact) mass is 309 g/mol. The fourth-order valence-corrected chi connectivity index (χ4v) is 3.19. The summed E-state index contributed by atoms with van der Waals surface area (Å²) in [6, 6.07) is 5.34. The largest absolute Gasteiger partial charge is 0.493 e. The molecule has 2 atom stereocenters. The predicted octanol–water partition coefficient (Wildman–Crippen LogP) is 1.97. The molecule has 5 heteroatoms. The molecule has 2 N–H and O–H groups in total. The van der Waals surface area contributed by atoms with Crippen molar-refractivity contribution in [3.8, 4) is 11.5 Å². The highest BCUT2D eigenvalue weighted by atomic mass is 16.5. The third-order valence-electron chi connectivity index (χ3n) is 4.10. The van der Waals surface area contributed by atoms with Crippen LogP contribution in [0.25, 0.3) is 0 Å². The van der Waals surface area contributed by atoms with E-state index in [1.807, 2.05) is 50.9 Å². The van der Waals surface area contributed by atoms with E-state index in [0.717, 1.165) is 6.42 Å². The standard InChI is InChI=1S/C17H27NO4/c1-5-11-21-12-7-6-8-13-14(12)15(20)16(17(2,3)22-13)18(4)9-10-19/h6-8,15-16,19-20H,5,9-11H2,1-4H3. The summed E-state index contributed by atoms with van der Waals surface area (Å²) >= 11 is 0. The van der Waals surface area contributed by atoms with Gasteiger partial charge in [0.2, 0.25) is 0 Å². The Balaban J connectivity index is 2.40. The van der Waals surface area contributed by atoms with Crippen molar-refractivity contribution in [2.75, 3.05) is 26.8 Å². The molecular weight excluding hydrogens is 282 g/mol. The highest BCUT2D eigenvalue weighted by Gasteiger charge is 2.46. The number of likely N-dealkylation sites (N-methyl/N-ethyl adjacent to an activating group) is 1. The van der Waals surface area contributed by atoms with Crippen LogP contribution in [0.4, 0.5) is 0 Å². The lowest BCUT2D eigenvalue weighted by Gasteiger charge is -2.47. The number of hydrogen-bond acceptors (Lipinski definition) is 5. The van der Waals surface area contributed by atoms with Crippen molar-refractivity contribution in [3.63, 3.8) is 0 Å². The van der Waals surface area contributed by atoms with E-state index < -0.39 is 11.7 Å². The van der Waals surface area contributed by atoms with E-state index >= 15 is 0 Å².